The Hall–Kier alpha value is -2.33. The van der Waals surface area contributed by atoms with Gasteiger partial charge in [0.15, 0.2) is 0 Å². The van der Waals surface area contributed by atoms with Crippen LogP contribution in [0.2, 0.25) is 0 Å². The van der Waals surface area contributed by atoms with E-state index < -0.39 is 0 Å². The largest absolute Gasteiger partial charge is 0.353 e. The van der Waals surface area contributed by atoms with E-state index in [9.17, 15) is 0 Å². The van der Waals surface area contributed by atoms with Crippen molar-refractivity contribution in [2.24, 2.45) is 4.99 Å². The van der Waals surface area contributed by atoms with E-state index in [2.05, 4.69) is 64.9 Å². The SMILES string of the molecule is Cc1ccc2c(c1)N=C(N1CCNCC1)c1ccccc1N2. The molecule has 2 heterocycles. The van der Waals surface area contributed by atoms with Crippen LogP contribution < -0.4 is 10.6 Å². The van der Waals surface area contributed by atoms with Crippen LogP contribution in [0.1, 0.15) is 11.1 Å². The number of anilines is 2. The quantitative estimate of drug-likeness (QED) is 0.784. The third-order valence-electron chi connectivity index (χ3n) is 4.23. The van der Waals surface area contributed by atoms with Gasteiger partial charge in [-0.3, -0.25) is 0 Å². The number of nitrogens with one attached hydrogen (secondary N) is 2. The minimum atomic E-state index is 0.994. The molecule has 4 nitrogen and oxygen atoms in total. The topological polar surface area (TPSA) is 39.7 Å². The van der Waals surface area contributed by atoms with Crippen molar-refractivity contribution in [2.75, 3.05) is 31.5 Å². The second kappa shape index (κ2) is 5.46. The molecule has 4 heteroatoms. The van der Waals surface area contributed by atoms with E-state index in [1.54, 1.807) is 0 Å². The number of aliphatic imine (C=N–C) groups is 1. The van der Waals surface area contributed by atoms with Gasteiger partial charge >= 0.3 is 0 Å². The van der Waals surface area contributed by atoms with Gasteiger partial charge in [0.1, 0.15) is 5.84 Å². The lowest BCUT2D eigenvalue weighted by atomic mass is 10.1. The van der Waals surface area contributed by atoms with E-state index in [0.717, 1.165) is 49.1 Å². The van der Waals surface area contributed by atoms with Crippen LogP contribution in [0, 0.1) is 6.92 Å². The summed E-state index contributed by atoms with van der Waals surface area (Å²) in [6.07, 6.45) is 0. The molecule has 0 amide bonds. The minimum absolute atomic E-state index is 0.994. The standard InChI is InChI=1S/C18H20N4/c1-13-6-7-16-17(12-13)21-18(22-10-8-19-9-11-22)14-4-2-3-5-15(14)20-16/h2-7,12,19-20H,8-11H2,1H3. The maximum absolute atomic E-state index is 5.02. The van der Waals surface area contributed by atoms with Gasteiger partial charge in [0.2, 0.25) is 0 Å². The third kappa shape index (κ3) is 2.35. The Morgan fingerprint density at radius 2 is 1.82 bits per heavy atom. The lowest BCUT2D eigenvalue weighted by Crippen LogP contribution is -2.46. The van der Waals surface area contributed by atoms with Gasteiger partial charge < -0.3 is 15.5 Å². The highest BCUT2D eigenvalue weighted by molar-refractivity contribution is 6.07. The Bertz CT molecular complexity index is 730. The van der Waals surface area contributed by atoms with Crippen LogP contribution in [0.4, 0.5) is 17.1 Å². The highest BCUT2D eigenvalue weighted by Gasteiger charge is 2.22. The van der Waals surface area contributed by atoms with Gasteiger partial charge in [-0.25, -0.2) is 4.99 Å². The number of para-hydroxylation sites is 1. The summed E-state index contributed by atoms with van der Waals surface area (Å²) in [4.78, 5) is 7.40. The Labute approximate surface area is 130 Å². The summed E-state index contributed by atoms with van der Waals surface area (Å²) in [5, 5.41) is 6.95. The Morgan fingerprint density at radius 3 is 2.68 bits per heavy atom. The molecule has 2 aliphatic heterocycles. The van der Waals surface area contributed by atoms with E-state index in [1.807, 2.05) is 0 Å². The number of hydrogen-bond donors (Lipinski definition) is 2. The van der Waals surface area contributed by atoms with Crippen molar-refractivity contribution >= 4 is 22.9 Å². The molecule has 0 radical (unpaired) electrons. The Balaban J connectivity index is 1.88. The van der Waals surface area contributed by atoms with Crippen molar-refractivity contribution < 1.29 is 0 Å². The van der Waals surface area contributed by atoms with Crippen molar-refractivity contribution in [3.05, 3.63) is 53.6 Å². The average molecular weight is 292 g/mol. The first-order valence-electron chi connectivity index (χ1n) is 7.83. The molecule has 0 spiro atoms. The number of rotatable bonds is 0. The molecular weight excluding hydrogens is 272 g/mol. The van der Waals surface area contributed by atoms with Crippen LogP contribution in [0.25, 0.3) is 0 Å². The summed E-state index contributed by atoms with van der Waals surface area (Å²) in [5.74, 6) is 1.08. The zero-order chi connectivity index (χ0) is 14.9. The molecule has 0 aliphatic carbocycles. The van der Waals surface area contributed by atoms with E-state index in [-0.39, 0.29) is 0 Å². The fourth-order valence-corrected chi connectivity index (χ4v) is 3.06. The van der Waals surface area contributed by atoms with Gasteiger partial charge in [-0.05, 0) is 36.8 Å². The molecule has 0 atom stereocenters. The number of nitrogens with zero attached hydrogens (tertiary/aromatic N) is 2. The predicted molar refractivity (Wildman–Crippen MR) is 91.5 cm³/mol. The molecule has 4 rings (SSSR count). The molecule has 0 unspecified atom stereocenters. The van der Waals surface area contributed by atoms with Crippen molar-refractivity contribution in [1.29, 1.82) is 0 Å². The van der Waals surface area contributed by atoms with Crippen LogP contribution in [0.3, 0.4) is 0 Å². The second-order valence-electron chi connectivity index (χ2n) is 5.86. The number of amidine groups is 1. The number of benzene rings is 2. The van der Waals surface area contributed by atoms with E-state index in [1.165, 1.54) is 11.1 Å². The monoisotopic (exact) mass is 292 g/mol. The third-order valence-corrected chi connectivity index (χ3v) is 4.23. The smallest absolute Gasteiger partial charge is 0.138 e. The molecule has 2 aromatic rings. The lowest BCUT2D eigenvalue weighted by molar-refractivity contribution is 0.358. The van der Waals surface area contributed by atoms with Gasteiger partial charge in [-0.2, -0.15) is 0 Å². The first-order chi connectivity index (χ1) is 10.8. The number of hydrogen-bond acceptors (Lipinski definition) is 4. The van der Waals surface area contributed by atoms with Crippen LogP contribution in [-0.2, 0) is 0 Å². The zero-order valence-electron chi connectivity index (χ0n) is 12.8. The number of fused-ring (bicyclic) bond motifs is 2. The van der Waals surface area contributed by atoms with E-state index in [4.69, 9.17) is 4.99 Å². The highest BCUT2D eigenvalue weighted by Crippen LogP contribution is 2.35. The summed E-state index contributed by atoms with van der Waals surface area (Å²) >= 11 is 0. The molecule has 2 N–H and O–H groups in total. The maximum Gasteiger partial charge on any atom is 0.138 e. The molecule has 0 saturated carbocycles. The van der Waals surface area contributed by atoms with Gasteiger partial charge in [-0.1, -0.05) is 18.2 Å². The molecule has 22 heavy (non-hydrogen) atoms. The molecule has 112 valence electrons. The molecule has 2 aliphatic rings. The minimum Gasteiger partial charge on any atom is -0.353 e. The summed E-state index contributed by atoms with van der Waals surface area (Å²) in [5.41, 5.74) is 5.63. The number of aryl methyl sites for hydroxylation is 1. The summed E-state index contributed by atoms with van der Waals surface area (Å²) in [7, 11) is 0. The lowest BCUT2D eigenvalue weighted by Gasteiger charge is -2.30. The first-order valence-corrected chi connectivity index (χ1v) is 7.83. The maximum atomic E-state index is 5.02. The van der Waals surface area contributed by atoms with Crippen molar-refractivity contribution in [1.82, 2.24) is 10.2 Å². The van der Waals surface area contributed by atoms with Crippen molar-refractivity contribution in [3.63, 3.8) is 0 Å². The Kier molecular flexibility index (Phi) is 3.31. The predicted octanol–water partition coefficient (Wildman–Crippen LogP) is 3.04. The van der Waals surface area contributed by atoms with Gasteiger partial charge in [-0.15, -0.1) is 0 Å². The molecule has 1 fully saturated rings. The second-order valence-corrected chi connectivity index (χ2v) is 5.86. The molecule has 2 aromatic carbocycles. The van der Waals surface area contributed by atoms with E-state index in [0.29, 0.717) is 0 Å². The van der Waals surface area contributed by atoms with Crippen LogP contribution in [0.5, 0.6) is 0 Å². The normalized spacial score (nSPS) is 17.0. The zero-order valence-corrected chi connectivity index (χ0v) is 12.8. The van der Waals surface area contributed by atoms with Gasteiger partial charge in [0.25, 0.3) is 0 Å². The Morgan fingerprint density at radius 1 is 1.00 bits per heavy atom. The first kappa shape index (κ1) is 13.3. The van der Waals surface area contributed by atoms with Crippen molar-refractivity contribution in [3.8, 4) is 0 Å². The van der Waals surface area contributed by atoms with Crippen LogP contribution >= 0.6 is 0 Å². The molecule has 1 saturated heterocycles. The highest BCUT2D eigenvalue weighted by atomic mass is 15.2. The van der Waals surface area contributed by atoms with E-state index >= 15 is 0 Å². The van der Waals surface area contributed by atoms with Crippen molar-refractivity contribution in [2.45, 2.75) is 6.92 Å². The fraction of sp³-hybridized carbons (Fsp3) is 0.278. The average Bonchev–Trinajstić information content (AvgIpc) is 2.72. The van der Waals surface area contributed by atoms with Crippen LogP contribution in [-0.4, -0.2) is 36.9 Å². The fourth-order valence-electron chi connectivity index (χ4n) is 3.06. The number of piperazine rings is 1. The summed E-state index contributed by atoms with van der Waals surface area (Å²) in [6, 6.07) is 14.8. The summed E-state index contributed by atoms with van der Waals surface area (Å²) < 4.78 is 0. The molecule has 0 aromatic heterocycles. The van der Waals surface area contributed by atoms with Gasteiger partial charge in [0, 0.05) is 37.4 Å². The van der Waals surface area contributed by atoms with Crippen LogP contribution in [0.15, 0.2) is 47.5 Å². The van der Waals surface area contributed by atoms with Gasteiger partial charge in [0.05, 0.1) is 11.4 Å². The summed E-state index contributed by atoms with van der Waals surface area (Å²) in [6.45, 7) is 6.12. The molecular formula is C18H20N4. The molecule has 0 bridgehead atoms.